The van der Waals surface area contributed by atoms with E-state index >= 15 is 0 Å². The third-order valence-corrected chi connectivity index (χ3v) is 7.39. The second-order valence-electron chi connectivity index (χ2n) is 11.4. The lowest BCUT2D eigenvalue weighted by Gasteiger charge is -2.37. The van der Waals surface area contributed by atoms with Crippen molar-refractivity contribution in [3.63, 3.8) is 0 Å². The molecule has 4 heteroatoms. The smallest absolute Gasteiger partial charge is 0.0674 e. The highest BCUT2D eigenvalue weighted by molar-refractivity contribution is 5.55. The molecule has 0 spiro atoms. The van der Waals surface area contributed by atoms with Gasteiger partial charge >= 0.3 is 0 Å². The van der Waals surface area contributed by atoms with Crippen molar-refractivity contribution in [1.82, 2.24) is 0 Å². The van der Waals surface area contributed by atoms with Crippen molar-refractivity contribution in [2.45, 2.75) is 83.7 Å². The standard InChI is InChI=1S/C27H36N2O2/c1-25(2,3)28(30)23-15-11-21(12-16-23)27(19-7-8-20(27)10-9-19)22-13-17-24(18-14-22)29(31)26(4,5)6/h11-20H,7-10H2,1-6H3. The van der Waals surface area contributed by atoms with Crippen molar-refractivity contribution in [2.75, 3.05) is 10.1 Å². The van der Waals surface area contributed by atoms with Gasteiger partial charge in [0.25, 0.3) is 0 Å². The maximum Gasteiger partial charge on any atom is 0.0674 e. The molecule has 2 aromatic carbocycles. The molecule has 0 aliphatic heterocycles. The van der Waals surface area contributed by atoms with E-state index in [1.165, 1.54) is 36.8 Å². The number of hydroxylamine groups is 2. The Kier molecular flexibility index (Phi) is 5.38. The van der Waals surface area contributed by atoms with E-state index in [1.807, 2.05) is 65.8 Å². The Hall–Kier alpha value is -2.04. The van der Waals surface area contributed by atoms with Gasteiger partial charge < -0.3 is 0 Å². The molecule has 2 aromatic rings. The lowest BCUT2D eigenvalue weighted by Crippen LogP contribution is -2.38. The highest BCUT2D eigenvalue weighted by Gasteiger charge is 2.56. The van der Waals surface area contributed by atoms with Crippen molar-refractivity contribution >= 4 is 11.4 Å². The second kappa shape index (κ2) is 7.53. The SMILES string of the molecule is CC(C)(C)N([O])c1ccc(C2(c3ccc(N([O])C(C)(C)C)cc3)C3CCC2CC3)cc1. The number of anilines is 2. The summed E-state index contributed by atoms with van der Waals surface area (Å²) >= 11 is 0. The number of fused-ring (bicyclic) bond motifs is 2. The van der Waals surface area contributed by atoms with E-state index in [1.54, 1.807) is 0 Å². The van der Waals surface area contributed by atoms with E-state index < -0.39 is 11.1 Å². The summed E-state index contributed by atoms with van der Waals surface area (Å²) in [4.78, 5) is 0. The summed E-state index contributed by atoms with van der Waals surface area (Å²) in [6.45, 7) is 11.6. The zero-order chi connectivity index (χ0) is 22.6. The minimum Gasteiger partial charge on any atom is -0.215 e. The number of benzene rings is 2. The van der Waals surface area contributed by atoms with Crippen molar-refractivity contribution < 1.29 is 10.4 Å². The van der Waals surface area contributed by atoms with Crippen LogP contribution in [0.5, 0.6) is 0 Å². The number of nitrogens with zero attached hydrogens (tertiary/aromatic N) is 2. The van der Waals surface area contributed by atoms with Gasteiger partial charge in [-0.3, -0.25) is 0 Å². The van der Waals surface area contributed by atoms with Gasteiger partial charge in [-0.25, -0.2) is 10.1 Å². The molecule has 0 N–H and O–H groups in total. The van der Waals surface area contributed by atoms with Gasteiger partial charge in [-0.1, -0.05) is 34.7 Å². The largest absolute Gasteiger partial charge is 0.215 e. The summed E-state index contributed by atoms with van der Waals surface area (Å²) in [6, 6.07) is 16.6. The monoisotopic (exact) mass is 420 g/mol. The van der Waals surface area contributed by atoms with E-state index in [9.17, 15) is 10.4 Å². The molecule has 4 rings (SSSR count). The molecular formula is C27H36N2O2. The first kappa shape index (κ1) is 22.2. The predicted octanol–water partition coefficient (Wildman–Crippen LogP) is 6.69. The summed E-state index contributed by atoms with van der Waals surface area (Å²) in [5, 5.41) is 27.5. The zero-order valence-electron chi connectivity index (χ0n) is 19.8. The van der Waals surface area contributed by atoms with E-state index in [0.717, 1.165) is 10.1 Å². The molecule has 2 bridgehead atoms. The van der Waals surface area contributed by atoms with Gasteiger partial charge in [0.15, 0.2) is 0 Å². The molecule has 0 heterocycles. The third-order valence-electron chi connectivity index (χ3n) is 7.39. The molecule has 4 nitrogen and oxygen atoms in total. The van der Waals surface area contributed by atoms with Crippen LogP contribution in [0.25, 0.3) is 0 Å². The molecular weight excluding hydrogens is 384 g/mol. The van der Waals surface area contributed by atoms with Crippen molar-refractivity contribution in [3.05, 3.63) is 59.7 Å². The average molecular weight is 421 g/mol. The molecule has 31 heavy (non-hydrogen) atoms. The maximum atomic E-state index is 12.7. The number of hydrogen-bond donors (Lipinski definition) is 0. The Labute approximate surface area is 187 Å². The Morgan fingerprint density at radius 3 is 1.16 bits per heavy atom. The lowest BCUT2D eigenvalue weighted by molar-refractivity contribution is 0.102. The van der Waals surface area contributed by atoms with Crippen molar-refractivity contribution in [2.24, 2.45) is 11.8 Å². The van der Waals surface area contributed by atoms with E-state index in [-0.39, 0.29) is 5.41 Å². The van der Waals surface area contributed by atoms with Gasteiger partial charge in [-0.2, -0.15) is 0 Å². The fourth-order valence-corrected chi connectivity index (χ4v) is 5.97. The lowest BCUT2D eigenvalue weighted by atomic mass is 9.67. The molecule has 2 radical (unpaired) electrons. The summed E-state index contributed by atoms with van der Waals surface area (Å²) in [7, 11) is 0. The minimum atomic E-state index is -0.460. The molecule has 0 atom stereocenters. The molecule has 2 fully saturated rings. The summed E-state index contributed by atoms with van der Waals surface area (Å²) < 4.78 is 0. The van der Waals surface area contributed by atoms with Gasteiger partial charge in [0.2, 0.25) is 0 Å². The maximum absolute atomic E-state index is 12.7. The average Bonchev–Trinajstić information content (AvgIpc) is 3.28. The van der Waals surface area contributed by atoms with Gasteiger partial charge in [0.05, 0.1) is 22.5 Å². The summed E-state index contributed by atoms with van der Waals surface area (Å²) in [5.41, 5.74) is 3.11. The predicted molar refractivity (Wildman–Crippen MR) is 125 cm³/mol. The highest BCUT2D eigenvalue weighted by Crippen LogP contribution is 2.62. The van der Waals surface area contributed by atoms with Gasteiger partial charge in [-0.15, -0.1) is 0 Å². The van der Waals surface area contributed by atoms with Crippen LogP contribution in [0.1, 0.15) is 78.4 Å². The van der Waals surface area contributed by atoms with Crippen LogP contribution in [0.4, 0.5) is 11.4 Å². The number of hydrogen-bond acceptors (Lipinski definition) is 2. The van der Waals surface area contributed by atoms with Gasteiger partial charge in [-0.05, 0) is 114 Å². The molecule has 0 amide bonds. The van der Waals surface area contributed by atoms with E-state index in [4.69, 9.17) is 0 Å². The summed E-state index contributed by atoms with van der Waals surface area (Å²) in [5.74, 6) is 1.23. The Bertz CT molecular complexity index is 821. The van der Waals surface area contributed by atoms with Crippen LogP contribution in [-0.4, -0.2) is 11.1 Å². The fraction of sp³-hybridized carbons (Fsp3) is 0.556. The number of rotatable bonds is 4. The van der Waals surface area contributed by atoms with Crippen LogP contribution < -0.4 is 10.1 Å². The Balaban J connectivity index is 1.73. The van der Waals surface area contributed by atoms with Gasteiger partial charge in [0.1, 0.15) is 0 Å². The highest BCUT2D eigenvalue weighted by atomic mass is 16.5. The van der Waals surface area contributed by atoms with Crippen LogP contribution in [-0.2, 0) is 15.8 Å². The minimum absolute atomic E-state index is 0.0120. The van der Waals surface area contributed by atoms with Gasteiger partial charge in [0, 0.05) is 5.41 Å². The van der Waals surface area contributed by atoms with Crippen molar-refractivity contribution in [3.8, 4) is 0 Å². The molecule has 2 saturated carbocycles. The second-order valence-corrected chi connectivity index (χ2v) is 11.4. The Morgan fingerprint density at radius 1 is 0.613 bits per heavy atom. The van der Waals surface area contributed by atoms with E-state index in [0.29, 0.717) is 23.2 Å². The molecule has 0 saturated heterocycles. The normalized spacial score (nSPS) is 22.6. The quantitative estimate of drug-likeness (QED) is 0.517. The van der Waals surface area contributed by atoms with Crippen LogP contribution in [0.15, 0.2) is 48.5 Å². The molecule has 2 aliphatic carbocycles. The van der Waals surface area contributed by atoms with Crippen LogP contribution in [0.3, 0.4) is 0 Å². The van der Waals surface area contributed by atoms with Crippen LogP contribution in [0.2, 0.25) is 0 Å². The fourth-order valence-electron chi connectivity index (χ4n) is 5.97. The molecule has 0 unspecified atom stereocenters. The van der Waals surface area contributed by atoms with Crippen molar-refractivity contribution in [1.29, 1.82) is 0 Å². The molecule has 2 aliphatic rings. The third kappa shape index (κ3) is 3.64. The molecule has 0 aromatic heterocycles. The van der Waals surface area contributed by atoms with Crippen LogP contribution in [0, 0.1) is 11.8 Å². The summed E-state index contributed by atoms with van der Waals surface area (Å²) in [6.07, 6.45) is 5.00. The Morgan fingerprint density at radius 2 is 0.903 bits per heavy atom. The first-order valence-corrected chi connectivity index (χ1v) is 11.6. The first-order chi connectivity index (χ1) is 14.5. The first-order valence-electron chi connectivity index (χ1n) is 11.6. The zero-order valence-corrected chi connectivity index (χ0v) is 19.8. The van der Waals surface area contributed by atoms with Crippen LogP contribution >= 0.6 is 0 Å². The topological polar surface area (TPSA) is 46.3 Å². The van der Waals surface area contributed by atoms with E-state index in [2.05, 4.69) is 24.3 Å². The molecule has 166 valence electrons.